The van der Waals surface area contributed by atoms with Gasteiger partial charge in [-0.25, -0.2) is 23.5 Å². The number of carbonyl (C=O) groups excluding carboxylic acids is 1. The van der Waals surface area contributed by atoms with Gasteiger partial charge in [0.15, 0.2) is 5.82 Å². The molecule has 8 heteroatoms. The molecule has 1 aliphatic carbocycles. The SMILES string of the molecule is O=C(Nc1ccc(C2CC2)cc1C(=O)O)c1cnc(-c2c(F)cccc2F)nc1. The van der Waals surface area contributed by atoms with Crippen LogP contribution in [-0.4, -0.2) is 27.0 Å². The second kappa shape index (κ2) is 7.38. The van der Waals surface area contributed by atoms with E-state index in [4.69, 9.17) is 0 Å². The van der Waals surface area contributed by atoms with Crippen molar-refractivity contribution in [3.05, 3.63) is 77.1 Å². The van der Waals surface area contributed by atoms with Gasteiger partial charge in [0.1, 0.15) is 11.6 Å². The molecule has 1 heterocycles. The van der Waals surface area contributed by atoms with E-state index in [0.29, 0.717) is 5.92 Å². The summed E-state index contributed by atoms with van der Waals surface area (Å²) in [7, 11) is 0. The fourth-order valence-corrected chi connectivity index (χ4v) is 3.00. The monoisotopic (exact) mass is 395 g/mol. The second-order valence-corrected chi connectivity index (χ2v) is 6.73. The summed E-state index contributed by atoms with van der Waals surface area (Å²) in [5.74, 6) is -3.24. The molecule has 0 aliphatic heterocycles. The van der Waals surface area contributed by atoms with Crippen LogP contribution in [0.1, 0.15) is 45.0 Å². The van der Waals surface area contributed by atoms with Crippen LogP contribution >= 0.6 is 0 Å². The Balaban J connectivity index is 1.57. The fraction of sp³-hybridized carbons (Fsp3) is 0.143. The van der Waals surface area contributed by atoms with Crippen molar-refractivity contribution in [1.29, 1.82) is 0 Å². The van der Waals surface area contributed by atoms with Gasteiger partial charge in [-0.05, 0) is 48.6 Å². The summed E-state index contributed by atoms with van der Waals surface area (Å²) < 4.78 is 27.7. The number of anilines is 1. The van der Waals surface area contributed by atoms with Crippen molar-refractivity contribution < 1.29 is 23.5 Å². The molecule has 29 heavy (non-hydrogen) atoms. The van der Waals surface area contributed by atoms with E-state index < -0.39 is 23.5 Å². The smallest absolute Gasteiger partial charge is 0.337 e. The highest BCUT2D eigenvalue weighted by Crippen LogP contribution is 2.41. The quantitative estimate of drug-likeness (QED) is 0.674. The summed E-state index contributed by atoms with van der Waals surface area (Å²) in [6.45, 7) is 0. The summed E-state index contributed by atoms with van der Waals surface area (Å²) in [6.07, 6.45) is 4.30. The van der Waals surface area contributed by atoms with E-state index in [2.05, 4.69) is 15.3 Å². The standard InChI is InChI=1S/C21H15F2N3O3/c22-15-2-1-3-16(23)18(15)19-24-9-13(10-25-19)20(27)26-17-7-6-12(11-4-5-11)8-14(17)21(28)29/h1-3,6-11H,4-5H2,(H,26,27)(H,28,29). The van der Waals surface area contributed by atoms with E-state index in [1.165, 1.54) is 6.07 Å². The highest BCUT2D eigenvalue weighted by atomic mass is 19.1. The summed E-state index contributed by atoms with van der Waals surface area (Å²) in [6, 6.07) is 8.31. The molecule has 2 N–H and O–H groups in total. The van der Waals surface area contributed by atoms with Crippen molar-refractivity contribution in [2.24, 2.45) is 0 Å². The van der Waals surface area contributed by atoms with Gasteiger partial charge in [-0.2, -0.15) is 0 Å². The molecule has 1 saturated carbocycles. The van der Waals surface area contributed by atoms with Gasteiger partial charge in [-0.1, -0.05) is 12.1 Å². The summed E-state index contributed by atoms with van der Waals surface area (Å²) in [5, 5.41) is 12.0. The van der Waals surface area contributed by atoms with Crippen molar-refractivity contribution >= 4 is 17.6 Å². The first kappa shape index (κ1) is 18.7. The zero-order chi connectivity index (χ0) is 20.5. The Morgan fingerprint density at radius 3 is 2.28 bits per heavy atom. The van der Waals surface area contributed by atoms with Crippen LogP contribution in [0.5, 0.6) is 0 Å². The number of aromatic nitrogens is 2. The molecule has 0 atom stereocenters. The summed E-state index contributed by atoms with van der Waals surface area (Å²) in [4.78, 5) is 31.8. The molecule has 0 unspecified atom stereocenters. The van der Waals surface area contributed by atoms with Gasteiger partial charge in [-0.3, -0.25) is 4.79 Å². The molecule has 3 aromatic rings. The lowest BCUT2D eigenvalue weighted by molar-refractivity contribution is 0.0698. The maximum Gasteiger partial charge on any atom is 0.337 e. The number of carboxylic acids is 1. The molecule has 4 rings (SSSR count). The zero-order valence-electron chi connectivity index (χ0n) is 15.0. The minimum Gasteiger partial charge on any atom is -0.478 e. The number of halogens is 2. The normalized spacial score (nSPS) is 13.2. The fourth-order valence-electron chi connectivity index (χ4n) is 3.00. The van der Waals surface area contributed by atoms with E-state index in [-0.39, 0.29) is 28.2 Å². The minimum absolute atomic E-state index is 0.00582. The van der Waals surface area contributed by atoms with Gasteiger partial charge >= 0.3 is 5.97 Å². The Kier molecular flexibility index (Phi) is 4.75. The molecular weight excluding hydrogens is 380 g/mol. The molecule has 1 aromatic heterocycles. The topological polar surface area (TPSA) is 92.2 Å². The Hall–Kier alpha value is -3.68. The van der Waals surface area contributed by atoms with Crippen LogP contribution in [0.2, 0.25) is 0 Å². The largest absolute Gasteiger partial charge is 0.478 e. The van der Waals surface area contributed by atoms with Crippen molar-refractivity contribution in [1.82, 2.24) is 9.97 Å². The number of amides is 1. The molecule has 1 amide bonds. The van der Waals surface area contributed by atoms with Crippen molar-refractivity contribution in [2.45, 2.75) is 18.8 Å². The predicted octanol–water partition coefficient (Wildman–Crippen LogP) is 4.25. The molecule has 0 saturated heterocycles. The molecular formula is C21H15F2N3O3. The summed E-state index contributed by atoms with van der Waals surface area (Å²) in [5.41, 5.74) is 0.709. The van der Waals surface area contributed by atoms with Gasteiger partial charge in [0.25, 0.3) is 5.91 Å². The molecule has 1 aliphatic rings. The number of hydrogen-bond acceptors (Lipinski definition) is 4. The molecule has 1 fully saturated rings. The van der Waals surface area contributed by atoms with Crippen LogP contribution in [0.25, 0.3) is 11.4 Å². The Morgan fingerprint density at radius 2 is 1.69 bits per heavy atom. The number of hydrogen-bond donors (Lipinski definition) is 2. The number of aromatic carboxylic acids is 1. The van der Waals surface area contributed by atoms with E-state index in [9.17, 15) is 23.5 Å². The Morgan fingerprint density at radius 1 is 1.03 bits per heavy atom. The van der Waals surface area contributed by atoms with Crippen LogP contribution in [0.3, 0.4) is 0 Å². The molecule has 6 nitrogen and oxygen atoms in total. The van der Waals surface area contributed by atoms with E-state index in [1.54, 1.807) is 18.2 Å². The third kappa shape index (κ3) is 3.82. The van der Waals surface area contributed by atoms with Crippen molar-refractivity contribution in [3.63, 3.8) is 0 Å². The molecule has 0 spiro atoms. The van der Waals surface area contributed by atoms with Gasteiger partial charge in [0, 0.05) is 12.4 Å². The minimum atomic E-state index is -1.15. The van der Waals surface area contributed by atoms with Gasteiger partial charge in [0.2, 0.25) is 0 Å². The van der Waals surface area contributed by atoms with Gasteiger partial charge in [0.05, 0.1) is 22.4 Å². The van der Waals surface area contributed by atoms with Crippen LogP contribution in [0, 0.1) is 11.6 Å². The third-order valence-electron chi connectivity index (χ3n) is 4.67. The number of nitrogens with one attached hydrogen (secondary N) is 1. The van der Waals surface area contributed by atoms with Crippen LogP contribution in [0.4, 0.5) is 14.5 Å². The van der Waals surface area contributed by atoms with Gasteiger partial charge in [-0.15, -0.1) is 0 Å². The van der Waals surface area contributed by atoms with E-state index >= 15 is 0 Å². The molecule has 0 radical (unpaired) electrons. The molecule has 0 bridgehead atoms. The number of nitrogens with zero attached hydrogens (tertiary/aromatic N) is 2. The lowest BCUT2D eigenvalue weighted by Gasteiger charge is -2.10. The molecule has 2 aromatic carbocycles. The highest BCUT2D eigenvalue weighted by Gasteiger charge is 2.25. The first-order chi connectivity index (χ1) is 13.9. The van der Waals surface area contributed by atoms with Crippen LogP contribution < -0.4 is 5.32 Å². The Labute approximate surface area is 164 Å². The zero-order valence-corrected chi connectivity index (χ0v) is 15.0. The van der Waals surface area contributed by atoms with Gasteiger partial charge < -0.3 is 10.4 Å². The third-order valence-corrected chi connectivity index (χ3v) is 4.67. The van der Waals surface area contributed by atoms with Crippen molar-refractivity contribution in [2.75, 3.05) is 5.32 Å². The lowest BCUT2D eigenvalue weighted by Crippen LogP contribution is -2.16. The number of carboxylic acid groups (broad SMARTS) is 1. The average Bonchev–Trinajstić information content (AvgIpc) is 3.54. The number of rotatable bonds is 5. The maximum absolute atomic E-state index is 13.8. The number of benzene rings is 2. The number of carbonyl (C=O) groups is 2. The first-order valence-electron chi connectivity index (χ1n) is 8.89. The van der Waals surface area contributed by atoms with Crippen LogP contribution in [-0.2, 0) is 0 Å². The first-order valence-corrected chi connectivity index (χ1v) is 8.89. The summed E-state index contributed by atoms with van der Waals surface area (Å²) >= 11 is 0. The predicted molar refractivity (Wildman–Crippen MR) is 101 cm³/mol. The van der Waals surface area contributed by atoms with Crippen LogP contribution in [0.15, 0.2) is 48.8 Å². The second-order valence-electron chi connectivity index (χ2n) is 6.73. The average molecular weight is 395 g/mol. The maximum atomic E-state index is 13.8. The molecule has 146 valence electrons. The van der Waals surface area contributed by atoms with Crippen molar-refractivity contribution in [3.8, 4) is 11.4 Å². The Bertz CT molecular complexity index is 1090. The van der Waals surface area contributed by atoms with E-state index in [0.717, 1.165) is 42.9 Å². The lowest BCUT2D eigenvalue weighted by atomic mass is 10.0. The van der Waals surface area contributed by atoms with E-state index in [1.807, 2.05) is 0 Å². The highest BCUT2D eigenvalue weighted by molar-refractivity contribution is 6.07.